The molecule has 0 radical (unpaired) electrons. The molecular formula is C15H10F3N5. The van der Waals surface area contributed by atoms with Crippen LogP contribution in [0.25, 0.3) is 0 Å². The quantitative estimate of drug-likeness (QED) is 0.767. The number of benzene rings is 2. The molecule has 0 aliphatic carbocycles. The highest BCUT2D eigenvalue weighted by Gasteiger charge is 2.06. The summed E-state index contributed by atoms with van der Waals surface area (Å²) < 4.78 is 39.3. The van der Waals surface area contributed by atoms with E-state index >= 15 is 0 Å². The van der Waals surface area contributed by atoms with Crippen LogP contribution in [-0.2, 0) is 0 Å². The molecule has 0 saturated heterocycles. The van der Waals surface area contributed by atoms with Gasteiger partial charge in [-0.15, -0.1) is 5.10 Å². The molecule has 0 saturated carbocycles. The average Bonchev–Trinajstić information content (AvgIpc) is 2.53. The zero-order valence-electron chi connectivity index (χ0n) is 11.6. The zero-order valence-corrected chi connectivity index (χ0v) is 11.6. The highest BCUT2D eigenvalue weighted by atomic mass is 19.1. The lowest BCUT2D eigenvalue weighted by molar-refractivity contribution is 0.586. The van der Waals surface area contributed by atoms with Crippen molar-refractivity contribution >= 4 is 23.1 Å². The van der Waals surface area contributed by atoms with Crippen LogP contribution in [0.4, 0.5) is 36.3 Å². The second kappa shape index (κ2) is 6.30. The Balaban J connectivity index is 1.78. The molecule has 0 atom stereocenters. The summed E-state index contributed by atoms with van der Waals surface area (Å²) in [5.41, 5.74) is 0.623. The van der Waals surface area contributed by atoms with Crippen molar-refractivity contribution < 1.29 is 13.2 Å². The molecule has 8 heteroatoms. The number of anilines is 4. The first-order valence-corrected chi connectivity index (χ1v) is 6.54. The summed E-state index contributed by atoms with van der Waals surface area (Å²) in [6, 6.07) is 8.72. The first-order chi connectivity index (χ1) is 11.1. The topological polar surface area (TPSA) is 62.7 Å². The maximum absolute atomic E-state index is 13.6. The summed E-state index contributed by atoms with van der Waals surface area (Å²) in [7, 11) is 0. The van der Waals surface area contributed by atoms with Crippen LogP contribution in [0.5, 0.6) is 0 Å². The van der Waals surface area contributed by atoms with Crippen molar-refractivity contribution in [2.45, 2.75) is 0 Å². The molecule has 1 heterocycles. The predicted molar refractivity (Wildman–Crippen MR) is 79.2 cm³/mol. The Morgan fingerprint density at radius 3 is 2.30 bits per heavy atom. The monoisotopic (exact) mass is 317 g/mol. The smallest absolute Gasteiger partial charge is 0.249 e. The molecule has 1 aromatic heterocycles. The number of hydrogen-bond acceptors (Lipinski definition) is 5. The van der Waals surface area contributed by atoms with E-state index in [4.69, 9.17) is 0 Å². The predicted octanol–water partition coefficient (Wildman–Crippen LogP) is 3.78. The van der Waals surface area contributed by atoms with Gasteiger partial charge in [0, 0.05) is 11.8 Å². The van der Waals surface area contributed by atoms with Crippen LogP contribution < -0.4 is 10.6 Å². The fraction of sp³-hybridized carbons (Fsp3) is 0. The van der Waals surface area contributed by atoms with Crippen molar-refractivity contribution in [3.8, 4) is 0 Å². The summed E-state index contributed by atoms with van der Waals surface area (Å²) >= 11 is 0. The van der Waals surface area contributed by atoms with Gasteiger partial charge in [-0.3, -0.25) is 0 Å². The molecule has 0 aliphatic rings. The van der Waals surface area contributed by atoms with Crippen LogP contribution in [-0.4, -0.2) is 15.2 Å². The maximum atomic E-state index is 13.6. The van der Waals surface area contributed by atoms with Gasteiger partial charge in [0.25, 0.3) is 0 Å². The molecule has 0 bridgehead atoms. The molecule has 0 aliphatic heterocycles. The molecule has 0 unspecified atom stereocenters. The van der Waals surface area contributed by atoms with Crippen molar-refractivity contribution in [3.05, 3.63) is 66.1 Å². The lowest BCUT2D eigenvalue weighted by atomic mass is 10.3. The Kier molecular flexibility index (Phi) is 4.05. The summed E-state index contributed by atoms with van der Waals surface area (Å²) in [6.45, 7) is 0. The van der Waals surface area contributed by atoms with Gasteiger partial charge in [0.05, 0.1) is 11.9 Å². The number of aromatic nitrogens is 3. The molecule has 2 N–H and O–H groups in total. The van der Waals surface area contributed by atoms with Gasteiger partial charge in [0.2, 0.25) is 5.95 Å². The lowest BCUT2D eigenvalue weighted by Gasteiger charge is -2.08. The number of halogens is 3. The summed E-state index contributed by atoms with van der Waals surface area (Å²) in [6.07, 6.45) is 1.29. The van der Waals surface area contributed by atoms with Crippen LogP contribution >= 0.6 is 0 Å². The molecule has 2 aromatic carbocycles. The molecule has 5 nitrogen and oxygen atoms in total. The minimum absolute atomic E-state index is 0.0552. The highest BCUT2D eigenvalue weighted by Crippen LogP contribution is 2.20. The number of rotatable bonds is 4. The molecule has 3 rings (SSSR count). The molecule has 0 fully saturated rings. The van der Waals surface area contributed by atoms with Crippen molar-refractivity contribution in [1.29, 1.82) is 0 Å². The third-order valence-corrected chi connectivity index (χ3v) is 2.85. The van der Waals surface area contributed by atoms with Crippen LogP contribution in [0, 0.1) is 17.5 Å². The maximum Gasteiger partial charge on any atom is 0.249 e. The molecule has 0 amide bonds. The van der Waals surface area contributed by atoms with Gasteiger partial charge >= 0.3 is 0 Å². The standard InChI is InChI=1S/C15H10F3N5/c16-9-1-4-11(5-2-9)20-15-22-14(8-19-23-15)21-13-6-3-10(17)7-12(13)18/h1-8H,(H2,20,21,22,23). The number of nitrogens with one attached hydrogen (secondary N) is 2. The fourth-order valence-corrected chi connectivity index (χ4v) is 1.81. The Hall–Kier alpha value is -3.16. The van der Waals surface area contributed by atoms with E-state index in [9.17, 15) is 13.2 Å². The van der Waals surface area contributed by atoms with Gasteiger partial charge < -0.3 is 10.6 Å². The third-order valence-electron chi connectivity index (χ3n) is 2.85. The van der Waals surface area contributed by atoms with Crippen molar-refractivity contribution in [2.24, 2.45) is 0 Å². The van der Waals surface area contributed by atoms with Gasteiger partial charge in [-0.05, 0) is 36.4 Å². The second-order valence-corrected chi connectivity index (χ2v) is 4.55. The summed E-state index contributed by atoms with van der Waals surface area (Å²) in [5.74, 6) is -1.43. The zero-order chi connectivity index (χ0) is 16.2. The third kappa shape index (κ3) is 3.73. The molecule has 116 valence electrons. The van der Waals surface area contributed by atoms with Gasteiger partial charge in [-0.2, -0.15) is 10.1 Å². The fourth-order valence-electron chi connectivity index (χ4n) is 1.81. The van der Waals surface area contributed by atoms with E-state index in [0.717, 1.165) is 12.1 Å². The Morgan fingerprint density at radius 1 is 0.826 bits per heavy atom. The first kappa shape index (κ1) is 14.8. The highest BCUT2D eigenvalue weighted by molar-refractivity contribution is 5.58. The van der Waals surface area contributed by atoms with E-state index in [1.54, 1.807) is 0 Å². The van der Waals surface area contributed by atoms with Crippen molar-refractivity contribution in [2.75, 3.05) is 10.6 Å². The Morgan fingerprint density at radius 2 is 1.57 bits per heavy atom. The van der Waals surface area contributed by atoms with Crippen LogP contribution in [0.1, 0.15) is 0 Å². The van der Waals surface area contributed by atoms with Gasteiger partial charge in [-0.25, -0.2) is 13.2 Å². The lowest BCUT2D eigenvalue weighted by Crippen LogP contribution is -2.03. The summed E-state index contributed by atoms with van der Waals surface area (Å²) in [4.78, 5) is 4.10. The van der Waals surface area contributed by atoms with Crippen molar-refractivity contribution in [3.63, 3.8) is 0 Å². The number of hydrogen-bond donors (Lipinski definition) is 2. The Labute approximate surface area is 129 Å². The van der Waals surface area contributed by atoms with E-state index in [1.807, 2.05) is 0 Å². The Bertz CT molecular complexity index is 824. The van der Waals surface area contributed by atoms with Crippen LogP contribution in [0.15, 0.2) is 48.7 Å². The largest absolute Gasteiger partial charge is 0.336 e. The first-order valence-electron chi connectivity index (χ1n) is 6.54. The molecular weight excluding hydrogens is 307 g/mol. The van der Waals surface area contributed by atoms with Crippen LogP contribution in [0.2, 0.25) is 0 Å². The number of nitrogens with zero attached hydrogens (tertiary/aromatic N) is 3. The normalized spacial score (nSPS) is 10.4. The van der Waals surface area contributed by atoms with Crippen molar-refractivity contribution in [1.82, 2.24) is 15.2 Å². The SMILES string of the molecule is Fc1ccc(Nc2nncc(Nc3ccc(F)cc3F)n2)cc1. The van der Waals surface area contributed by atoms with E-state index in [2.05, 4.69) is 25.8 Å². The molecule has 0 spiro atoms. The average molecular weight is 317 g/mol. The van der Waals surface area contributed by atoms with Gasteiger partial charge in [0.15, 0.2) is 5.82 Å². The molecule has 3 aromatic rings. The van der Waals surface area contributed by atoms with Gasteiger partial charge in [0.1, 0.15) is 17.5 Å². The van der Waals surface area contributed by atoms with E-state index in [-0.39, 0.29) is 23.3 Å². The second-order valence-electron chi connectivity index (χ2n) is 4.55. The van der Waals surface area contributed by atoms with Crippen LogP contribution in [0.3, 0.4) is 0 Å². The van der Waals surface area contributed by atoms with Gasteiger partial charge in [-0.1, -0.05) is 0 Å². The van der Waals surface area contributed by atoms with E-state index < -0.39 is 11.6 Å². The van der Waals surface area contributed by atoms with E-state index in [0.29, 0.717) is 5.69 Å². The molecule has 23 heavy (non-hydrogen) atoms. The summed E-state index contributed by atoms with van der Waals surface area (Å²) in [5, 5.41) is 13.0. The van der Waals surface area contributed by atoms with E-state index in [1.165, 1.54) is 36.5 Å². The minimum atomic E-state index is -0.753. The minimum Gasteiger partial charge on any atom is -0.336 e.